The van der Waals surface area contributed by atoms with Crippen LogP contribution < -0.4 is 10.2 Å². The van der Waals surface area contributed by atoms with Crippen molar-refractivity contribution in [2.24, 2.45) is 5.92 Å². The van der Waals surface area contributed by atoms with Crippen molar-refractivity contribution >= 4 is 11.8 Å². The maximum absolute atomic E-state index is 9.69. The number of anilines is 2. The van der Waals surface area contributed by atoms with E-state index in [0.29, 0.717) is 23.8 Å². The molecule has 5 nitrogen and oxygen atoms in total. The topological polar surface area (TPSA) is 61.3 Å². The zero-order valence-corrected chi connectivity index (χ0v) is 16.5. The summed E-state index contributed by atoms with van der Waals surface area (Å²) in [5, 5.41) is 13.1. The molecule has 1 fully saturated rings. The molecule has 1 aromatic carbocycles. The van der Waals surface area contributed by atoms with Crippen molar-refractivity contribution in [2.75, 3.05) is 16.8 Å². The molecule has 1 aliphatic heterocycles. The van der Waals surface area contributed by atoms with Crippen molar-refractivity contribution in [3.8, 4) is 0 Å². The van der Waals surface area contributed by atoms with Crippen LogP contribution >= 0.6 is 0 Å². The number of aromatic nitrogens is 2. The Morgan fingerprint density at radius 3 is 2.59 bits per heavy atom. The van der Waals surface area contributed by atoms with Crippen LogP contribution in [-0.4, -0.2) is 33.8 Å². The molecule has 2 N–H and O–H groups in total. The quantitative estimate of drug-likeness (QED) is 0.816. The predicted octanol–water partition coefficient (Wildman–Crippen LogP) is 3.73. The fourth-order valence-corrected chi connectivity index (χ4v) is 3.83. The van der Waals surface area contributed by atoms with Crippen LogP contribution in [0.25, 0.3) is 0 Å². The van der Waals surface area contributed by atoms with Crippen LogP contribution in [0.15, 0.2) is 30.3 Å². The highest BCUT2D eigenvalue weighted by Gasteiger charge is 2.29. The molecule has 27 heavy (non-hydrogen) atoms. The molecule has 1 aliphatic carbocycles. The van der Waals surface area contributed by atoms with E-state index in [1.165, 1.54) is 24.0 Å². The highest BCUT2D eigenvalue weighted by Crippen LogP contribution is 2.41. The van der Waals surface area contributed by atoms with Gasteiger partial charge in [-0.2, -0.15) is 4.98 Å². The normalized spacial score (nSPS) is 20.5. The smallest absolute Gasteiger partial charge is 0.225 e. The van der Waals surface area contributed by atoms with E-state index in [0.717, 1.165) is 24.5 Å². The Bertz CT molecular complexity index is 803. The molecule has 2 heterocycles. The second-order valence-corrected chi connectivity index (χ2v) is 8.38. The van der Waals surface area contributed by atoms with Gasteiger partial charge in [-0.25, -0.2) is 4.98 Å². The lowest BCUT2D eigenvalue weighted by Gasteiger charge is -2.36. The summed E-state index contributed by atoms with van der Waals surface area (Å²) in [4.78, 5) is 12.0. The van der Waals surface area contributed by atoms with E-state index in [-0.39, 0.29) is 12.6 Å². The largest absolute Gasteiger partial charge is 0.394 e. The van der Waals surface area contributed by atoms with Crippen LogP contribution in [0.5, 0.6) is 0 Å². The Labute approximate surface area is 161 Å². The third-order valence-electron chi connectivity index (χ3n) is 5.84. The lowest BCUT2D eigenvalue weighted by Crippen LogP contribution is -2.39. The molecule has 0 spiro atoms. The third-order valence-corrected chi connectivity index (χ3v) is 5.84. The second-order valence-electron chi connectivity index (χ2n) is 8.38. The first kappa shape index (κ1) is 18.2. The zero-order chi connectivity index (χ0) is 19.0. The number of rotatable bonds is 6. The van der Waals surface area contributed by atoms with E-state index in [1.807, 2.05) is 0 Å². The van der Waals surface area contributed by atoms with Crippen molar-refractivity contribution in [3.05, 3.63) is 47.2 Å². The maximum Gasteiger partial charge on any atom is 0.225 e. The number of hydrogen-bond acceptors (Lipinski definition) is 5. The van der Waals surface area contributed by atoms with Gasteiger partial charge in [0.25, 0.3) is 0 Å². The third kappa shape index (κ3) is 3.93. The summed E-state index contributed by atoms with van der Waals surface area (Å²) in [6.45, 7) is 7.43. The first-order valence-electron chi connectivity index (χ1n) is 10.1. The van der Waals surface area contributed by atoms with Gasteiger partial charge in [-0.3, -0.25) is 0 Å². The average molecular weight is 367 g/mol. The van der Waals surface area contributed by atoms with Gasteiger partial charge in [0.15, 0.2) is 0 Å². The SMILES string of the molecule is CC(C)[C@H](CO)Nc1nc(C2CC2)cc(N2Cc3ccccc3C[C@@H]2C)n1. The molecule has 0 amide bonds. The molecule has 144 valence electrons. The highest BCUT2D eigenvalue weighted by molar-refractivity contribution is 5.50. The van der Waals surface area contributed by atoms with Gasteiger partial charge in [0.1, 0.15) is 5.82 Å². The molecular weight excluding hydrogens is 336 g/mol. The summed E-state index contributed by atoms with van der Waals surface area (Å²) in [6, 6.07) is 11.2. The monoisotopic (exact) mass is 366 g/mol. The summed E-state index contributed by atoms with van der Waals surface area (Å²) >= 11 is 0. The van der Waals surface area contributed by atoms with Crippen LogP contribution in [0, 0.1) is 5.92 Å². The number of fused-ring (bicyclic) bond motifs is 1. The standard InChI is InChI=1S/C22H30N4O/c1-14(2)20(13-27)24-22-23-19(16-8-9-16)11-21(25-22)26-12-18-7-5-4-6-17(18)10-15(26)3/h4-7,11,14-16,20,27H,8-10,12-13H2,1-3H3,(H,23,24,25)/t15-,20-/m0/s1. The van der Waals surface area contributed by atoms with Crippen LogP contribution in [0.1, 0.15) is 56.4 Å². The van der Waals surface area contributed by atoms with Gasteiger partial charge in [-0.05, 0) is 43.2 Å². The molecule has 0 bridgehead atoms. The molecule has 1 aromatic heterocycles. The summed E-state index contributed by atoms with van der Waals surface area (Å²) in [6.07, 6.45) is 3.46. The van der Waals surface area contributed by atoms with Gasteiger partial charge in [0, 0.05) is 24.6 Å². The Kier molecular flexibility index (Phi) is 5.04. The molecule has 1 saturated carbocycles. The van der Waals surface area contributed by atoms with Crippen molar-refractivity contribution in [2.45, 2.75) is 64.6 Å². The molecule has 2 aliphatic rings. The van der Waals surface area contributed by atoms with E-state index in [2.05, 4.69) is 61.3 Å². The Morgan fingerprint density at radius 2 is 1.93 bits per heavy atom. The summed E-state index contributed by atoms with van der Waals surface area (Å²) in [7, 11) is 0. The van der Waals surface area contributed by atoms with Gasteiger partial charge in [-0.1, -0.05) is 38.1 Å². The molecule has 4 rings (SSSR count). The molecule has 0 saturated heterocycles. The summed E-state index contributed by atoms with van der Waals surface area (Å²) in [5.74, 6) is 2.52. The van der Waals surface area contributed by atoms with E-state index < -0.39 is 0 Å². The minimum Gasteiger partial charge on any atom is -0.394 e. The number of aliphatic hydroxyl groups is 1. The first-order valence-corrected chi connectivity index (χ1v) is 10.1. The molecular formula is C22H30N4O. The van der Waals surface area contributed by atoms with E-state index in [4.69, 9.17) is 9.97 Å². The summed E-state index contributed by atoms with van der Waals surface area (Å²) in [5.41, 5.74) is 3.96. The van der Waals surface area contributed by atoms with E-state index >= 15 is 0 Å². The lowest BCUT2D eigenvalue weighted by molar-refractivity contribution is 0.248. The predicted molar refractivity (Wildman–Crippen MR) is 109 cm³/mol. The number of hydrogen-bond donors (Lipinski definition) is 2. The Hall–Kier alpha value is -2.14. The second kappa shape index (κ2) is 7.47. The molecule has 2 atom stereocenters. The fraction of sp³-hybridized carbons (Fsp3) is 0.545. The van der Waals surface area contributed by atoms with Crippen LogP contribution in [0.2, 0.25) is 0 Å². The van der Waals surface area contributed by atoms with Crippen molar-refractivity contribution < 1.29 is 5.11 Å². The van der Waals surface area contributed by atoms with Gasteiger partial charge in [-0.15, -0.1) is 0 Å². The summed E-state index contributed by atoms with van der Waals surface area (Å²) < 4.78 is 0. The Balaban J connectivity index is 1.65. The number of nitrogens with one attached hydrogen (secondary N) is 1. The average Bonchev–Trinajstić information content (AvgIpc) is 3.50. The zero-order valence-electron chi connectivity index (χ0n) is 16.5. The number of aliphatic hydroxyl groups excluding tert-OH is 1. The Morgan fingerprint density at radius 1 is 1.19 bits per heavy atom. The maximum atomic E-state index is 9.69. The van der Waals surface area contributed by atoms with Crippen molar-refractivity contribution in [3.63, 3.8) is 0 Å². The van der Waals surface area contributed by atoms with Crippen LogP contribution in [0.4, 0.5) is 11.8 Å². The van der Waals surface area contributed by atoms with Crippen molar-refractivity contribution in [1.82, 2.24) is 9.97 Å². The molecule has 2 aromatic rings. The van der Waals surface area contributed by atoms with E-state index in [1.54, 1.807) is 0 Å². The van der Waals surface area contributed by atoms with Crippen LogP contribution in [-0.2, 0) is 13.0 Å². The fourth-order valence-electron chi connectivity index (χ4n) is 3.83. The van der Waals surface area contributed by atoms with Gasteiger partial charge in [0.05, 0.1) is 18.3 Å². The van der Waals surface area contributed by atoms with Gasteiger partial charge < -0.3 is 15.3 Å². The van der Waals surface area contributed by atoms with Crippen LogP contribution in [0.3, 0.4) is 0 Å². The molecule has 5 heteroatoms. The first-order chi connectivity index (χ1) is 13.0. The van der Waals surface area contributed by atoms with E-state index in [9.17, 15) is 5.11 Å². The minimum absolute atomic E-state index is 0.0354. The minimum atomic E-state index is -0.0354. The molecule has 0 unspecified atom stereocenters. The highest BCUT2D eigenvalue weighted by atomic mass is 16.3. The van der Waals surface area contributed by atoms with Crippen molar-refractivity contribution in [1.29, 1.82) is 0 Å². The van der Waals surface area contributed by atoms with Gasteiger partial charge in [0.2, 0.25) is 5.95 Å². The molecule has 0 radical (unpaired) electrons. The number of benzene rings is 1. The number of nitrogens with zero attached hydrogens (tertiary/aromatic N) is 3. The lowest BCUT2D eigenvalue weighted by atomic mass is 9.95. The van der Waals surface area contributed by atoms with Gasteiger partial charge >= 0.3 is 0 Å².